The minimum Gasteiger partial charge on any atom is -0.384 e. The second-order valence-electron chi connectivity index (χ2n) is 2.80. The molecular formula is C8H11FN2. The van der Waals surface area contributed by atoms with Crippen molar-refractivity contribution in [2.24, 2.45) is 0 Å². The zero-order chi connectivity index (χ0) is 8.43. The zero-order valence-electron chi connectivity index (χ0n) is 6.63. The Morgan fingerprint density at radius 1 is 1.45 bits per heavy atom. The van der Waals surface area contributed by atoms with Crippen LogP contribution in [0.2, 0.25) is 0 Å². The predicted octanol–water partition coefficient (Wildman–Crippen LogP) is 1.93. The Morgan fingerprint density at radius 3 is 2.55 bits per heavy atom. The Morgan fingerprint density at radius 2 is 2.09 bits per heavy atom. The molecule has 0 saturated heterocycles. The summed E-state index contributed by atoms with van der Waals surface area (Å²) in [6.07, 6.45) is 0. The first kappa shape index (κ1) is 7.98. The first-order valence-electron chi connectivity index (χ1n) is 3.52. The van der Waals surface area contributed by atoms with Gasteiger partial charge in [-0.1, -0.05) is 13.8 Å². The van der Waals surface area contributed by atoms with E-state index < -0.39 is 5.95 Å². The molecule has 11 heavy (non-hydrogen) atoms. The number of anilines is 1. The van der Waals surface area contributed by atoms with E-state index in [1.807, 2.05) is 13.8 Å². The summed E-state index contributed by atoms with van der Waals surface area (Å²) in [7, 11) is 0. The molecule has 0 amide bonds. The second kappa shape index (κ2) is 2.86. The Hall–Kier alpha value is -1.12. The number of halogens is 1. The maximum atomic E-state index is 12.6. The minimum absolute atomic E-state index is 0.244. The van der Waals surface area contributed by atoms with Crippen molar-refractivity contribution in [2.75, 3.05) is 5.73 Å². The van der Waals surface area contributed by atoms with E-state index in [4.69, 9.17) is 5.73 Å². The standard InChI is InChI=1S/C8H11FN2/c1-5(2)6-3-7(9)11-8(10)4-6/h3-5H,1-2H3,(H2,10,11). The van der Waals surface area contributed by atoms with Gasteiger partial charge in [0.05, 0.1) is 0 Å². The Labute approximate surface area is 65.3 Å². The minimum atomic E-state index is -0.506. The Balaban J connectivity index is 3.08. The number of aromatic nitrogens is 1. The van der Waals surface area contributed by atoms with Gasteiger partial charge in [0.1, 0.15) is 5.82 Å². The first-order valence-corrected chi connectivity index (χ1v) is 3.52. The molecule has 0 fully saturated rings. The first-order chi connectivity index (χ1) is 5.09. The predicted molar refractivity (Wildman–Crippen MR) is 42.7 cm³/mol. The van der Waals surface area contributed by atoms with E-state index in [1.165, 1.54) is 6.07 Å². The largest absolute Gasteiger partial charge is 0.384 e. The van der Waals surface area contributed by atoms with Crippen LogP contribution in [-0.2, 0) is 0 Å². The third kappa shape index (κ3) is 1.90. The molecule has 2 N–H and O–H groups in total. The number of nitrogens with zero attached hydrogens (tertiary/aromatic N) is 1. The van der Waals surface area contributed by atoms with Crippen LogP contribution in [0, 0.1) is 5.95 Å². The van der Waals surface area contributed by atoms with Crippen LogP contribution in [0.4, 0.5) is 10.2 Å². The van der Waals surface area contributed by atoms with Gasteiger partial charge in [-0.2, -0.15) is 4.39 Å². The summed E-state index contributed by atoms with van der Waals surface area (Å²) in [6, 6.07) is 3.09. The molecule has 0 spiro atoms. The van der Waals surface area contributed by atoms with Crippen molar-refractivity contribution < 1.29 is 4.39 Å². The van der Waals surface area contributed by atoms with Gasteiger partial charge in [0.25, 0.3) is 0 Å². The van der Waals surface area contributed by atoms with Crippen LogP contribution >= 0.6 is 0 Å². The van der Waals surface area contributed by atoms with Crippen LogP contribution < -0.4 is 5.73 Å². The van der Waals surface area contributed by atoms with E-state index >= 15 is 0 Å². The molecule has 0 radical (unpaired) electrons. The van der Waals surface area contributed by atoms with Crippen LogP contribution in [0.25, 0.3) is 0 Å². The highest BCUT2D eigenvalue weighted by Gasteiger charge is 2.02. The summed E-state index contributed by atoms with van der Waals surface area (Å²) in [5.74, 6) is 0.0252. The molecule has 0 aliphatic rings. The van der Waals surface area contributed by atoms with Crippen molar-refractivity contribution in [2.45, 2.75) is 19.8 Å². The van der Waals surface area contributed by atoms with E-state index in [0.29, 0.717) is 0 Å². The third-order valence-corrected chi connectivity index (χ3v) is 1.50. The average Bonchev–Trinajstić information content (AvgIpc) is 1.85. The molecule has 3 heteroatoms. The van der Waals surface area contributed by atoms with Crippen LogP contribution in [0.15, 0.2) is 12.1 Å². The van der Waals surface area contributed by atoms with Gasteiger partial charge < -0.3 is 5.73 Å². The molecule has 1 aromatic heterocycles. The van der Waals surface area contributed by atoms with Gasteiger partial charge in [-0.15, -0.1) is 0 Å². The lowest BCUT2D eigenvalue weighted by Crippen LogP contribution is -1.97. The highest BCUT2D eigenvalue weighted by molar-refractivity contribution is 5.33. The van der Waals surface area contributed by atoms with Gasteiger partial charge in [-0.25, -0.2) is 4.98 Å². The second-order valence-corrected chi connectivity index (χ2v) is 2.80. The van der Waals surface area contributed by atoms with Crippen molar-refractivity contribution in [3.05, 3.63) is 23.6 Å². The van der Waals surface area contributed by atoms with E-state index in [2.05, 4.69) is 4.98 Å². The lowest BCUT2D eigenvalue weighted by molar-refractivity contribution is 0.581. The van der Waals surface area contributed by atoms with Crippen molar-refractivity contribution in [1.29, 1.82) is 0 Å². The summed E-state index contributed by atoms with van der Waals surface area (Å²) in [5.41, 5.74) is 6.23. The van der Waals surface area contributed by atoms with Gasteiger partial charge >= 0.3 is 0 Å². The van der Waals surface area contributed by atoms with E-state index in [9.17, 15) is 4.39 Å². The Kier molecular flexibility index (Phi) is 2.08. The molecule has 60 valence electrons. The number of nitrogens with two attached hydrogens (primary N) is 1. The van der Waals surface area contributed by atoms with Crippen molar-refractivity contribution >= 4 is 5.82 Å². The summed E-state index contributed by atoms with van der Waals surface area (Å²) >= 11 is 0. The number of hydrogen-bond acceptors (Lipinski definition) is 2. The molecule has 1 heterocycles. The molecule has 0 aliphatic carbocycles. The molecule has 0 unspecified atom stereocenters. The molecule has 2 nitrogen and oxygen atoms in total. The fraction of sp³-hybridized carbons (Fsp3) is 0.375. The number of rotatable bonds is 1. The molecule has 0 aliphatic heterocycles. The quantitative estimate of drug-likeness (QED) is 0.628. The highest BCUT2D eigenvalue weighted by Crippen LogP contribution is 2.16. The van der Waals surface area contributed by atoms with Crippen LogP contribution in [0.1, 0.15) is 25.3 Å². The van der Waals surface area contributed by atoms with E-state index in [0.717, 1.165) is 5.56 Å². The fourth-order valence-corrected chi connectivity index (χ4v) is 0.871. The lowest BCUT2D eigenvalue weighted by Gasteiger charge is -2.04. The summed E-state index contributed by atoms with van der Waals surface area (Å²) in [5, 5.41) is 0. The van der Waals surface area contributed by atoms with Gasteiger partial charge in [0.15, 0.2) is 0 Å². The maximum Gasteiger partial charge on any atom is 0.215 e. The molecule has 1 rings (SSSR count). The zero-order valence-corrected chi connectivity index (χ0v) is 6.63. The molecule has 1 aromatic rings. The highest BCUT2D eigenvalue weighted by atomic mass is 19.1. The monoisotopic (exact) mass is 154 g/mol. The lowest BCUT2D eigenvalue weighted by atomic mass is 10.1. The number of hydrogen-bond donors (Lipinski definition) is 1. The molecule has 0 aromatic carbocycles. The summed E-state index contributed by atoms with van der Waals surface area (Å²) in [6.45, 7) is 3.96. The average molecular weight is 154 g/mol. The number of nitrogen functional groups attached to an aromatic ring is 1. The third-order valence-electron chi connectivity index (χ3n) is 1.50. The number of pyridine rings is 1. The van der Waals surface area contributed by atoms with Gasteiger partial charge in [-0.05, 0) is 23.6 Å². The summed E-state index contributed by atoms with van der Waals surface area (Å²) in [4.78, 5) is 3.43. The van der Waals surface area contributed by atoms with E-state index in [-0.39, 0.29) is 11.7 Å². The molecule has 0 saturated carbocycles. The molecule has 0 atom stereocenters. The van der Waals surface area contributed by atoms with Crippen molar-refractivity contribution in [3.63, 3.8) is 0 Å². The topological polar surface area (TPSA) is 38.9 Å². The van der Waals surface area contributed by atoms with E-state index in [1.54, 1.807) is 6.07 Å². The Bertz CT molecular complexity index is 238. The SMILES string of the molecule is CC(C)c1cc(N)nc(F)c1. The summed E-state index contributed by atoms with van der Waals surface area (Å²) < 4.78 is 12.6. The van der Waals surface area contributed by atoms with Gasteiger partial charge in [-0.3, -0.25) is 0 Å². The van der Waals surface area contributed by atoms with Crippen LogP contribution in [0.5, 0.6) is 0 Å². The van der Waals surface area contributed by atoms with Gasteiger partial charge in [0, 0.05) is 0 Å². The normalized spacial score (nSPS) is 10.5. The smallest absolute Gasteiger partial charge is 0.215 e. The van der Waals surface area contributed by atoms with Gasteiger partial charge in [0.2, 0.25) is 5.95 Å². The van der Waals surface area contributed by atoms with Crippen LogP contribution in [0.3, 0.4) is 0 Å². The maximum absolute atomic E-state index is 12.6. The molecular weight excluding hydrogens is 143 g/mol. The van der Waals surface area contributed by atoms with Crippen LogP contribution in [-0.4, -0.2) is 4.98 Å². The molecule has 0 bridgehead atoms. The van der Waals surface area contributed by atoms with Crippen molar-refractivity contribution in [3.8, 4) is 0 Å². The van der Waals surface area contributed by atoms with Crippen molar-refractivity contribution in [1.82, 2.24) is 4.98 Å². The fourth-order valence-electron chi connectivity index (χ4n) is 0.871.